The molecule has 1 atom stereocenters. The van der Waals surface area contributed by atoms with Gasteiger partial charge < -0.3 is 9.84 Å². The van der Waals surface area contributed by atoms with E-state index in [4.69, 9.17) is 4.74 Å². The Morgan fingerprint density at radius 1 is 1.45 bits per heavy atom. The molecule has 0 saturated heterocycles. The molecule has 1 saturated carbocycles. The lowest BCUT2D eigenvalue weighted by Crippen LogP contribution is -2.22. The van der Waals surface area contributed by atoms with Gasteiger partial charge >= 0.3 is 0 Å². The summed E-state index contributed by atoms with van der Waals surface area (Å²) in [6.45, 7) is 0.415. The van der Waals surface area contributed by atoms with E-state index in [-0.39, 0.29) is 20.4 Å². The fourth-order valence-electron chi connectivity index (χ4n) is 2.29. The Morgan fingerprint density at radius 3 is 2.65 bits per heavy atom. The number of halogens is 2. The van der Waals surface area contributed by atoms with Crippen LogP contribution in [0.5, 0.6) is 5.06 Å². The largest absolute Gasteiger partial charge is 0.483 e. The summed E-state index contributed by atoms with van der Waals surface area (Å²) >= 11 is 0.840. The molecule has 1 aromatic rings. The van der Waals surface area contributed by atoms with Crippen molar-refractivity contribution in [3.05, 3.63) is 11.1 Å². The fourth-order valence-corrected chi connectivity index (χ4v) is 4.70. The number of sulfone groups is 1. The van der Waals surface area contributed by atoms with Crippen molar-refractivity contribution in [3.63, 3.8) is 0 Å². The number of ether oxygens (including phenoxy) is 1. The lowest BCUT2D eigenvalue weighted by Gasteiger charge is -2.14. The second-order valence-electron chi connectivity index (χ2n) is 5.44. The molecule has 20 heavy (non-hydrogen) atoms. The van der Waals surface area contributed by atoms with E-state index < -0.39 is 28.3 Å². The van der Waals surface area contributed by atoms with Crippen molar-refractivity contribution in [1.82, 2.24) is 0 Å². The summed E-state index contributed by atoms with van der Waals surface area (Å²) in [6, 6.07) is 0. The molecule has 0 radical (unpaired) electrons. The quantitative estimate of drug-likeness (QED) is 0.922. The molecule has 2 aliphatic rings. The first-order chi connectivity index (χ1) is 9.20. The molecule has 8 heteroatoms. The van der Waals surface area contributed by atoms with E-state index >= 15 is 0 Å². The van der Waals surface area contributed by atoms with Crippen LogP contribution in [-0.2, 0) is 16.3 Å². The van der Waals surface area contributed by atoms with E-state index in [1.165, 1.54) is 0 Å². The van der Waals surface area contributed by atoms with Gasteiger partial charge in [0.2, 0.25) is 0 Å². The Labute approximate surface area is 119 Å². The maximum atomic E-state index is 13.6. The minimum atomic E-state index is -3.67. The molecule has 0 aromatic carbocycles. The van der Waals surface area contributed by atoms with Gasteiger partial charge in [0.15, 0.2) is 14.9 Å². The molecule has 2 aliphatic carbocycles. The highest BCUT2D eigenvalue weighted by atomic mass is 32.2. The summed E-state index contributed by atoms with van der Waals surface area (Å²) in [6.07, 6.45) is 0.302. The van der Waals surface area contributed by atoms with Crippen molar-refractivity contribution in [1.29, 1.82) is 0 Å². The third-order valence-corrected chi connectivity index (χ3v) is 6.55. The van der Waals surface area contributed by atoms with Gasteiger partial charge in [0.1, 0.15) is 10.3 Å². The van der Waals surface area contributed by atoms with Gasteiger partial charge in [-0.05, 0) is 18.8 Å². The Morgan fingerprint density at radius 2 is 2.10 bits per heavy atom. The lowest BCUT2D eigenvalue weighted by atomic mass is 10.2. The molecule has 0 bridgehead atoms. The first-order valence-electron chi connectivity index (χ1n) is 6.24. The van der Waals surface area contributed by atoms with E-state index in [1.54, 1.807) is 0 Å². The molecule has 0 amide bonds. The molecule has 1 N–H and O–H groups in total. The maximum Gasteiger partial charge on any atom is 0.281 e. The van der Waals surface area contributed by atoms with Gasteiger partial charge in [0.05, 0.1) is 6.61 Å². The van der Waals surface area contributed by atoms with Crippen molar-refractivity contribution in [3.8, 4) is 5.06 Å². The summed E-state index contributed by atoms with van der Waals surface area (Å²) in [5.41, 5.74) is -0.0260. The Hall–Kier alpha value is -0.730. The number of thiophene rings is 1. The summed E-state index contributed by atoms with van der Waals surface area (Å²) in [5, 5.41) is 9.90. The highest BCUT2D eigenvalue weighted by Crippen LogP contribution is 2.53. The fraction of sp³-hybridized carbons (Fsp3) is 0.667. The molecule has 1 fully saturated rings. The van der Waals surface area contributed by atoms with Crippen LogP contribution in [0.1, 0.15) is 30.1 Å². The zero-order chi connectivity index (χ0) is 14.7. The van der Waals surface area contributed by atoms with Gasteiger partial charge in [-0.15, -0.1) is 0 Å². The van der Waals surface area contributed by atoms with Crippen LogP contribution in [-0.4, -0.2) is 32.3 Å². The van der Waals surface area contributed by atoms with E-state index in [0.29, 0.717) is 12.5 Å². The first-order valence-corrected chi connectivity index (χ1v) is 8.95. The van der Waals surface area contributed by atoms with Crippen LogP contribution >= 0.6 is 11.3 Å². The average Bonchev–Trinajstić information content (AvgIpc) is 3.02. The monoisotopic (exact) mass is 324 g/mol. The Balaban J connectivity index is 2.03. The minimum Gasteiger partial charge on any atom is -0.483 e. The van der Waals surface area contributed by atoms with E-state index in [9.17, 15) is 22.3 Å². The summed E-state index contributed by atoms with van der Waals surface area (Å²) in [4.78, 5) is 0. The smallest absolute Gasteiger partial charge is 0.281 e. The van der Waals surface area contributed by atoms with Crippen LogP contribution < -0.4 is 4.74 Å². The molecule has 112 valence electrons. The summed E-state index contributed by atoms with van der Waals surface area (Å²) < 4.78 is 56.0. The predicted octanol–water partition coefficient (Wildman–Crippen LogP) is 2.17. The number of aliphatic hydroxyl groups is 1. The van der Waals surface area contributed by atoms with Crippen molar-refractivity contribution < 1.29 is 27.0 Å². The highest BCUT2D eigenvalue weighted by Gasteiger charge is 2.52. The zero-order valence-electron chi connectivity index (χ0n) is 10.7. The molecule has 4 nitrogen and oxygen atoms in total. The van der Waals surface area contributed by atoms with Crippen molar-refractivity contribution in [2.24, 2.45) is 5.92 Å². The highest BCUT2D eigenvalue weighted by molar-refractivity contribution is 7.92. The standard InChI is InChI=1S/C12H14F2O4S2/c1-20(16,17)11-8-7(4-12(13,14)9(8)15)10(19-11)18-5-6-2-3-6/h6,9,15H,2-5H2,1H3/t9-/m0/s1. The Kier molecular flexibility index (Phi) is 3.11. The molecule has 0 spiro atoms. The van der Waals surface area contributed by atoms with Crippen LogP contribution in [0.3, 0.4) is 0 Å². The van der Waals surface area contributed by atoms with Gasteiger partial charge in [0.25, 0.3) is 5.92 Å². The maximum absolute atomic E-state index is 13.6. The second kappa shape index (κ2) is 4.38. The zero-order valence-corrected chi connectivity index (χ0v) is 12.4. The van der Waals surface area contributed by atoms with Crippen molar-refractivity contribution in [2.45, 2.75) is 35.5 Å². The number of rotatable bonds is 4. The lowest BCUT2D eigenvalue weighted by molar-refractivity contribution is -0.0976. The van der Waals surface area contributed by atoms with Crippen LogP contribution in [0.25, 0.3) is 0 Å². The molecule has 1 heterocycles. The number of hydrogen-bond donors (Lipinski definition) is 1. The average molecular weight is 324 g/mol. The minimum absolute atomic E-state index is 0.147. The third-order valence-electron chi connectivity index (χ3n) is 3.55. The summed E-state index contributed by atoms with van der Waals surface area (Å²) in [7, 11) is -3.67. The van der Waals surface area contributed by atoms with Crippen molar-refractivity contribution in [2.75, 3.05) is 12.9 Å². The summed E-state index contributed by atoms with van der Waals surface area (Å²) in [5.74, 6) is -2.91. The topological polar surface area (TPSA) is 63.6 Å². The molecular weight excluding hydrogens is 310 g/mol. The third kappa shape index (κ3) is 2.33. The molecule has 1 aromatic heterocycles. The molecule has 3 rings (SSSR count). The van der Waals surface area contributed by atoms with Gasteiger partial charge in [0, 0.05) is 23.8 Å². The number of hydrogen-bond acceptors (Lipinski definition) is 5. The van der Waals surface area contributed by atoms with Crippen LogP contribution in [0.2, 0.25) is 0 Å². The molecular formula is C12H14F2O4S2. The normalized spacial score (nSPS) is 24.7. The van der Waals surface area contributed by atoms with Crippen LogP contribution in [0.4, 0.5) is 8.78 Å². The molecule has 0 unspecified atom stereocenters. The predicted molar refractivity (Wildman–Crippen MR) is 69.3 cm³/mol. The van der Waals surface area contributed by atoms with E-state index in [1.807, 2.05) is 0 Å². The molecule has 0 aliphatic heterocycles. The van der Waals surface area contributed by atoms with Gasteiger partial charge in [-0.1, -0.05) is 11.3 Å². The van der Waals surface area contributed by atoms with Crippen LogP contribution in [0.15, 0.2) is 4.21 Å². The number of alkyl halides is 2. The number of aliphatic hydroxyl groups excluding tert-OH is 1. The Bertz CT molecular complexity index is 647. The van der Waals surface area contributed by atoms with E-state index in [2.05, 4.69) is 0 Å². The van der Waals surface area contributed by atoms with Crippen molar-refractivity contribution >= 4 is 21.2 Å². The number of fused-ring (bicyclic) bond motifs is 1. The second-order valence-corrected chi connectivity index (χ2v) is 8.63. The van der Waals surface area contributed by atoms with Gasteiger partial charge in [-0.2, -0.15) is 0 Å². The van der Waals surface area contributed by atoms with E-state index in [0.717, 1.165) is 30.4 Å². The van der Waals surface area contributed by atoms with Gasteiger partial charge in [-0.3, -0.25) is 0 Å². The van der Waals surface area contributed by atoms with Crippen LogP contribution in [0, 0.1) is 5.92 Å². The first kappa shape index (κ1) is 14.2. The van der Waals surface area contributed by atoms with Gasteiger partial charge in [-0.25, -0.2) is 17.2 Å². The SMILES string of the molecule is CS(=O)(=O)c1sc(OCC2CC2)c2c1[C@H](O)C(F)(F)C2.